The molecule has 0 amide bonds. The van der Waals surface area contributed by atoms with E-state index >= 15 is 0 Å². The second kappa shape index (κ2) is 4.15. The molecule has 3 aromatic rings. The summed E-state index contributed by atoms with van der Waals surface area (Å²) in [5.41, 5.74) is 2.72. The van der Waals surface area contributed by atoms with E-state index in [1.165, 1.54) is 0 Å². The first kappa shape index (κ1) is 10.8. The fourth-order valence-corrected chi connectivity index (χ4v) is 2.25. The largest absolute Gasteiger partial charge is 0.328 e. The lowest BCUT2D eigenvalue weighted by molar-refractivity contribution is 1.20. The van der Waals surface area contributed by atoms with E-state index in [1.807, 2.05) is 43.3 Å². The predicted octanol–water partition coefficient (Wildman–Crippen LogP) is 3.50. The third-order valence-corrected chi connectivity index (χ3v) is 3.13. The van der Waals surface area contributed by atoms with Crippen molar-refractivity contribution in [2.45, 2.75) is 6.92 Å². The Bertz CT molecular complexity index is 766. The second-order valence-electron chi connectivity index (χ2n) is 4.45. The van der Waals surface area contributed by atoms with Gasteiger partial charge < -0.3 is 4.98 Å². The van der Waals surface area contributed by atoms with Gasteiger partial charge in [0.15, 0.2) is 0 Å². The minimum atomic E-state index is -0.0445. The number of pyridine rings is 1. The molecule has 2 aromatic carbocycles. The molecule has 2 nitrogen and oxygen atoms in total. The smallest absolute Gasteiger partial charge is 0.255 e. The Hall–Kier alpha value is -2.35. The molecule has 0 aliphatic carbocycles. The molecule has 1 N–H and O–H groups in total. The minimum Gasteiger partial charge on any atom is -0.328 e. The lowest BCUT2D eigenvalue weighted by atomic mass is 9.99. The first-order chi connectivity index (χ1) is 8.75. The highest BCUT2D eigenvalue weighted by Gasteiger charge is 2.07. The van der Waals surface area contributed by atoms with E-state index < -0.39 is 0 Å². The van der Waals surface area contributed by atoms with Crippen LogP contribution in [0.4, 0.5) is 0 Å². The van der Waals surface area contributed by atoms with E-state index in [4.69, 9.17) is 0 Å². The minimum absolute atomic E-state index is 0.0445. The maximum Gasteiger partial charge on any atom is 0.255 e. The fraction of sp³-hybridized carbons (Fsp3) is 0.0625. The van der Waals surface area contributed by atoms with Crippen molar-refractivity contribution in [1.29, 1.82) is 0 Å². The first-order valence-corrected chi connectivity index (χ1v) is 5.93. The maximum atomic E-state index is 12.0. The van der Waals surface area contributed by atoms with E-state index in [0.29, 0.717) is 0 Å². The second-order valence-corrected chi connectivity index (χ2v) is 4.45. The van der Waals surface area contributed by atoms with Gasteiger partial charge in [0.25, 0.3) is 5.56 Å². The topological polar surface area (TPSA) is 32.9 Å². The molecule has 1 heterocycles. The average molecular weight is 235 g/mol. The van der Waals surface area contributed by atoms with Gasteiger partial charge in [-0.3, -0.25) is 4.79 Å². The predicted molar refractivity (Wildman–Crippen MR) is 74.7 cm³/mol. The van der Waals surface area contributed by atoms with Crippen molar-refractivity contribution < 1.29 is 0 Å². The van der Waals surface area contributed by atoms with Crippen LogP contribution in [0.5, 0.6) is 0 Å². The Kier molecular flexibility index (Phi) is 2.49. The molecule has 0 spiro atoms. The van der Waals surface area contributed by atoms with Crippen molar-refractivity contribution in [1.82, 2.24) is 4.98 Å². The summed E-state index contributed by atoms with van der Waals surface area (Å²) in [7, 11) is 0. The quantitative estimate of drug-likeness (QED) is 0.688. The molecule has 1 aromatic heterocycles. The monoisotopic (exact) mass is 235 g/mol. The molecule has 18 heavy (non-hydrogen) atoms. The highest BCUT2D eigenvalue weighted by atomic mass is 16.1. The molecule has 2 heteroatoms. The first-order valence-electron chi connectivity index (χ1n) is 5.93. The molecule has 88 valence electrons. The molecule has 0 bridgehead atoms. The summed E-state index contributed by atoms with van der Waals surface area (Å²) in [6.07, 6.45) is 1.73. The van der Waals surface area contributed by atoms with Gasteiger partial charge in [0.2, 0.25) is 0 Å². The van der Waals surface area contributed by atoms with Crippen molar-refractivity contribution in [3.63, 3.8) is 0 Å². The summed E-state index contributed by atoms with van der Waals surface area (Å²) in [6.45, 7) is 1.98. The molecular weight excluding hydrogens is 222 g/mol. The van der Waals surface area contributed by atoms with Crippen molar-refractivity contribution in [3.8, 4) is 11.1 Å². The van der Waals surface area contributed by atoms with Crippen LogP contribution in [0.25, 0.3) is 21.9 Å². The Balaban J connectivity index is 2.38. The summed E-state index contributed by atoms with van der Waals surface area (Å²) >= 11 is 0. The Labute approximate surface area is 105 Å². The number of hydrogen-bond donors (Lipinski definition) is 1. The van der Waals surface area contributed by atoms with Crippen LogP contribution in [0.1, 0.15) is 5.56 Å². The maximum absolute atomic E-state index is 12.0. The molecule has 0 saturated heterocycles. The molecule has 0 aliphatic rings. The number of aromatic nitrogens is 1. The lowest BCUT2D eigenvalue weighted by Crippen LogP contribution is -2.08. The fourth-order valence-electron chi connectivity index (χ4n) is 2.25. The highest BCUT2D eigenvalue weighted by Crippen LogP contribution is 2.26. The Morgan fingerprint density at radius 2 is 1.72 bits per heavy atom. The molecule has 0 unspecified atom stereocenters. The molecule has 0 aliphatic heterocycles. The zero-order chi connectivity index (χ0) is 12.5. The van der Waals surface area contributed by atoms with E-state index in [-0.39, 0.29) is 5.56 Å². The van der Waals surface area contributed by atoms with Crippen molar-refractivity contribution in [2.75, 3.05) is 0 Å². The van der Waals surface area contributed by atoms with Gasteiger partial charge >= 0.3 is 0 Å². The summed E-state index contributed by atoms with van der Waals surface area (Å²) in [5.74, 6) is 0. The van der Waals surface area contributed by atoms with E-state index in [2.05, 4.69) is 17.1 Å². The zero-order valence-corrected chi connectivity index (χ0v) is 10.1. The van der Waals surface area contributed by atoms with Gasteiger partial charge in [0, 0.05) is 11.8 Å². The zero-order valence-electron chi connectivity index (χ0n) is 10.1. The van der Waals surface area contributed by atoms with Gasteiger partial charge in [0.05, 0.1) is 0 Å². The number of fused-ring (bicyclic) bond motifs is 1. The van der Waals surface area contributed by atoms with Crippen LogP contribution >= 0.6 is 0 Å². The molecule has 0 radical (unpaired) electrons. The van der Waals surface area contributed by atoms with Crippen LogP contribution in [0.15, 0.2) is 59.5 Å². The van der Waals surface area contributed by atoms with Crippen LogP contribution in [0.2, 0.25) is 0 Å². The van der Waals surface area contributed by atoms with Crippen LogP contribution in [-0.2, 0) is 0 Å². The number of nitrogens with one attached hydrogen (secondary N) is 1. The number of aryl methyl sites for hydroxylation is 1. The Morgan fingerprint density at radius 1 is 0.944 bits per heavy atom. The number of aromatic amines is 1. The van der Waals surface area contributed by atoms with Crippen molar-refractivity contribution in [3.05, 3.63) is 70.6 Å². The van der Waals surface area contributed by atoms with Crippen LogP contribution in [0.3, 0.4) is 0 Å². The van der Waals surface area contributed by atoms with Crippen molar-refractivity contribution >= 4 is 10.8 Å². The molecule has 0 fully saturated rings. The number of H-pyrrole nitrogens is 1. The van der Waals surface area contributed by atoms with E-state index in [9.17, 15) is 4.79 Å². The van der Waals surface area contributed by atoms with Gasteiger partial charge in [-0.25, -0.2) is 0 Å². The van der Waals surface area contributed by atoms with Crippen LogP contribution < -0.4 is 5.56 Å². The normalized spacial score (nSPS) is 10.7. The average Bonchev–Trinajstić information content (AvgIpc) is 2.41. The standard InChI is InChI=1S/C16H13NO/c1-11-9-15(16(18)17-10-11)14-8-4-6-12-5-2-3-7-13(12)14/h2-10H,1H3,(H,17,18). The number of hydrogen-bond acceptors (Lipinski definition) is 1. The summed E-state index contributed by atoms with van der Waals surface area (Å²) in [5, 5.41) is 2.26. The third-order valence-electron chi connectivity index (χ3n) is 3.13. The third kappa shape index (κ3) is 1.72. The van der Waals surface area contributed by atoms with Gasteiger partial charge in [-0.1, -0.05) is 42.5 Å². The van der Waals surface area contributed by atoms with Gasteiger partial charge in [0.1, 0.15) is 0 Å². The molecule has 3 rings (SSSR count). The van der Waals surface area contributed by atoms with Crippen LogP contribution in [0, 0.1) is 6.92 Å². The van der Waals surface area contributed by atoms with Gasteiger partial charge in [-0.05, 0) is 34.9 Å². The lowest BCUT2D eigenvalue weighted by Gasteiger charge is -2.06. The highest BCUT2D eigenvalue weighted by molar-refractivity contribution is 5.96. The molecule has 0 saturated carbocycles. The SMILES string of the molecule is Cc1c[nH]c(=O)c(-c2cccc3ccccc23)c1. The molecular formula is C16H13NO. The summed E-state index contributed by atoms with van der Waals surface area (Å²) in [6, 6.07) is 16.1. The van der Waals surface area contributed by atoms with Gasteiger partial charge in [-0.15, -0.1) is 0 Å². The summed E-state index contributed by atoms with van der Waals surface area (Å²) < 4.78 is 0. The molecule has 0 atom stereocenters. The van der Waals surface area contributed by atoms with E-state index in [1.54, 1.807) is 6.20 Å². The van der Waals surface area contributed by atoms with Gasteiger partial charge in [-0.2, -0.15) is 0 Å². The van der Waals surface area contributed by atoms with E-state index in [0.717, 1.165) is 27.5 Å². The number of benzene rings is 2. The summed E-state index contributed by atoms with van der Waals surface area (Å²) in [4.78, 5) is 14.7. The number of rotatable bonds is 1. The Morgan fingerprint density at radius 3 is 2.61 bits per heavy atom. The van der Waals surface area contributed by atoms with Crippen molar-refractivity contribution in [2.24, 2.45) is 0 Å². The van der Waals surface area contributed by atoms with Crippen LogP contribution in [-0.4, -0.2) is 4.98 Å².